The summed E-state index contributed by atoms with van der Waals surface area (Å²) >= 11 is 0. The third kappa shape index (κ3) is 34.5. The number of hydrogen-bond donors (Lipinski definition) is 7. The lowest BCUT2D eigenvalue weighted by atomic mass is 9.98. The molecule has 2 rings (SSSR count). The van der Waals surface area contributed by atoms with Crippen LogP contribution in [0.25, 0.3) is 0 Å². The van der Waals surface area contributed by atoms with Crippen molar-refractivity contribution in [2.24, 2.45) is 0 Å². The van der Waals surface area contributed by atoms with Crippen molar-refractivity contribution in [1.82, 2.24) is 0 Å². The van der Waals surface area contributed by atoms with E-state index in [1.165, 1.54) is 0 Å². The number of hydrogen-bond acceptors (Lipinski definition) is 14. The van der Waals surface area contributed by atoms with E-state index in [4.69, 9.17) is 28.4 Å². The fourth-order valence-electron chi connectivity index (χ4n) is 7.83. The molecule has 0 aromatic carbocycles. The third-order valence-corrected chi connectivity index (χ3v) is 12.3. The summed E-state index contributed by atoms with van der Waals surface area (Å²) in [7, 11) is 0. The first-order valence-electron chi connectivity index (χ1n) is 28.4. The second kappa shape index (κ2) is 47.8. The van der Waals surface area contributed by atoms with Crippen molar-refractivity contribution < 1.29 is 69.0 Å². The van der Waals surface area contributed by atoms with Gasteiger partial charge in [0.2, 0.25) is 0 Å². The maximum atomic E-state index is 13.1. The van der Waals surface area contributed by atoms with Crippen molar-refractivity contribution in [3.8, 4) is 0 Å². The zero-order chi connectivity index (χ0) is 55.8. The molecule has 14 nitrogen and oxygen atoms in total. The number of allylic oxidation sites excluding steroid dienone is 24. The van der Waals surface area contributed by atoms with Crippen molar-refractivity contribution in [3.63, 3.8) is 0 Å². The van der Waals surface area contributed by atoms with Gasteiger partial charge in [0.25, 0.3) is 0 Å². The van der Waals surface area contributed by atoms with Crippen LogP contribution < -0.4 is 0 Å². The van der Waals surface area contributed by atoms with Crippen LogP contribution in [0, 0.1) is 0 Å². The van der Waals surface area contributed by atoms with E-state index in [-0.39, 0.29) is 19.6 Å². The number of esters is 1. The van der Waals surface area contributed by atoms with Gasteiger partial charge >= 0.3 is 5.97 Å². The average molecular weight is 1080 g/mol. The van der Waals surface area contributed by atoms with Gasteiger partial charge in [0, 0.05) is 13.0 Å². The molecule has 7 N–H and O–H groups in total. The Labute approximate surface area is 461 Å². The number of rotatable bonds is 43. The van der Waals surface area contributed by atoms with Gasteiger partial charge in [-0.1, -0.05) is 173 Å². The molecule has 14 heteroatoms. The van der Waals surface area contributed by atoms with E-state index < -0.39 is 86.7 Å². The van der Waals surface area contributed by atoms with Gasteiger partial charge in [0.1, 0.15) is 54.9 Å². The van der Waals surface area contributed by atoms with Gasteiger partial charge in [-0.05, 0) is 109 Å². The Hall–Kier alpha value is -4.13. The normalized spacial score (nSPS) is 25.4. The molecular formula is C63H98O14. The van der Waals surface area contributed by atoms with E-state index in [9.17, 15) is 40.5 Å². The molecular weight excluding hydrogens is 981 g/mol. The lowest BCUT2D eigenvalue weighted by Gasteiger charge is -2.42. The van der Waals surface area contributed by atoms with E-state index in [2.05, 4.69) is 160 Å². The molecule has 0 aromatic heterocycles. The van der Waals surface area contributed by atoms with Crippen molar-refractivity contribution in [3.05, 3.63) is 146 Å². The zero-order valence-corrected chi connectivity index (χ0v) is 46.4. The minimum Gasteiger partial charge on any atom is -0.457 e. The maximum Gasteiger partial charge on any atom is 0.306 e. The summed E-state index contributed by atoms with van der Waals surface area (Å²) < 4.78 is 34.2. The molecule has 2 fully saturated rings. The van der Waals surface area contributed by atoms with Crippen molar-refractivity contribution >= 4 is 5.97 Å². The van der Waals surface area contributed by atoms with Gasteiger partial charge in [-0.15, -0.1) is 0 Å². The van der Waals surface area contributed by atoms with Gasteiger partial charge in [0.15, 0.2) is 12.6 Å². The Morgan fingerprint density at radius 1 is 0.429 bits per heavy atom. The molecule has 2 saturated heterocycles. The summed E-state index contributed by atoms with van der Waals surface area (Å²) in [6.45, 7) is 3.23. The molecule has 11 atom stereocenters. The quantitative estimate of drug-likeness (QED) is 0.0172. The van der Waals surface area contributed by atoms with E-state index in [1.807, 2.05) is 0 Å². The van der Waals surface area contributed by atoms with Gasteiger partial charge in [-0.25, -0.2) is 0 Å². The van der Waals surface area contributed by atoms with E-state index in [1.54, 1.807) is 0 Å². The molecule has 0 amide bonds. The van der Waals surface area contributed by atoms with Crippen LogP contribution in [0.15, 0.2) is 146 Å². The SMILES string of the molecule is CC/C=C\C/C=C\C/C=C\C/C=C\C/C=C\C/C=C\CCCCCCC(=O)OC(COCCC/C=C\C/C=C\C/C=C\C/C=C\C/C=C\C/C=C\CC)COC1OC(COC2OC(CO)C(O)C(O)C2O)C(O)C(O)C1O. The lowest BCUT2D eigenvalue weighted by Crippen LogP contribution is -2.61. The van der Waals surface area contributed by atoms with Crippen LogP contribution in [-0.2, 0) is 33.2 Å². The van der Waals surface area contributed by atoms with Crippen LogP contribution in [0.3, 0.4) is 0 Å². The number of aliphatic hydroxyl groups is 7. The Balaban J connectivity index is 1.78. The smallest absolute Gasteiger partial charge is 0.306 e. The van der Waals surface area contributed by atoms with Crippen LogP contribution in [0.4, 0.5) is 0 Å². The highest BCUT2D eigenvalue weighted by Gasteiger charge is 2.47. The number of carbonyl (C=O) groups is 1. The summed E-state index contributed by atoms with van der Waals surface area (Å²) in [4.78, 5) is 13.1. The van der Waals surface area contributed by atoms with Crippen molar-refractivity contribution in [2.45, 2.75) is 210 Å². The van der Waals surface area contributed by atoms with E-state index in [0.717, 1.165) is 116 Å². The van der Waals surface area contributed by atoms with Gasteiger partial charge in [-0.2, -0.15) is 0 Å². The number of unbranched alkanes of at least 4 members (excludes halogenated alkanes) is 5. The summed E-state index contributed by atoms with van der Waals surface area (Å²) in [5.74, 6) is -0.427. The highest BCUT2D eigenvalue weighted by atomic mass is 16.7. The topological polar surface area (TPSA) is 214 Å². The molecule has 2 aliphatic rings. The Bertz CT molecular complexity index is 1820. The summed E-state index contributed by atoms with van der Waals surface area (Å²) in [5.41, 5.74) is 0. The fraction of sp³-hybridized carbons (Fsp3) is 0.603. The number of ether oxygens (including phenoxy) is 6. The standard InChI is InChI=1S/C63H98O14/c1-3-5-7-9-11-13-15-17-19-21-23-25-26-27-28-30-32-34-36-38-40-42-44-46-55(65)75-52(49-72-47-45-43-41-39-37-35-33-31-29-24-22-20-18-16-14-12-10-8-6-4-2)50-73-62-61(71)59(69)57(67)54(77-62)51-74-63-60(70)58(68)56(66)53(48-64)76-63/h5-8,11-14,17-20,23-25,27-29,32-35,39,41,52-54,56-64,66-71H,3-4,9-10,15-16,21-22,26,30-31,36-38,40,42-51H2,1-2H3/b7-5-,8-6-,13-11-,14-12-,19-17-,20-18-,25-23-,28-27-,29-24-,34-32-,35-33-,41-39-. The number of carbonyl (C=O) groups excluding carboxylic acids is 1. The monoisotopic (exact) mass is 1080 g/mol. The Kier molecular flexibility index (Phi) is 42.8. The summed E-state index contributed by atoms with van der Waals surface area (Å²) in [6.07, 6.45) is 53.4. The molecule has 0 aliphatic carbocycles. The predicted octanol–water partition coefficient (Wildman–Crippen LogP) is 10.1. The van der Waals surface area contributed by atoms with Crippen LogP contribution in [-0.4, -0.2) is 142 Å². The van der Waals surface area contributed by atoms with E-state index in [0.29, 0.717) is 13.0 Å². The molecule has 0 radical (unpaired) electrons. The van der Waals surface area contributed by atoms with Gasteiger partial charge in [0.05, 0.1) is 26.4 Å². The van der Waals surface area contributed by atoms with Crippen LogP contribution in [0.5, 0.6) is 0 Å². The Morgan fingerprint density at radius 2 is 0.805 bits per heavy atom. The number of aliphatic hydroxyl groups excluding tert-OH is 7. The molecule has 0 spiro atoms. The first kappa shape index (κ1) is 69.0. The second-order valence-corrected chi connectivity index (χ2v) is 19.0. The van der Waals surface area contributed by atoms with Crippen LogP contribution in [0.2, 0.25) is 0 Å². The molecule has 2 aliphatic heterocycles. The van der Waals surface area contributed by atoms with Crippen molar-refractivity contribution in [1.29, 1.82) is 0 Å². The second-order valence-electron chi connectivity index (χ2n) is 19.0. The first-order chi connectivity index (χ1) is 37.6. The molecule has 77 heavy (non-hydrogen) atoms. The summed E-state index contributed by atoms with van der Waals surface area (Å²) in [6, 6.07) is 0. The predicted molar refractivity (Wildman–Crippen MR) is 306 cm³/mol. The average Bonchev–Trinajstić information content (AvgIpc) is 3.43. The Morgan fingerprint density at radius 3 is 1.25 bits per heavy atom. The fourth-order valence-corrected chi connectivity index (χ4v) is 7.83. The first-order valence-corrected chi connectivity index (χ1v) is 28.4. The third-order valence-electron chi connectivity index (χ3n) is 12.3. The highest BCUT2D eigenvalue weighted by Crippen LogP contribution is 2.26. The largest absolute Gasteiger partial charge is 0.457 e. The molecule has 2 heterocycles. The molecule has 0 bridgehead atoms. The molecule has 0 aromatic rings. The minimum atomic E-state index is -1.73. The molecule has 0 saturated carbocycles. The minimum absolute atomic E-state index is 0.000903. The summed E-state index contributed by atoms with van der Waals surface area (Å²) in [5, 5.41) is 72.3. The maximum absolute atomic E-state index is 13.1. The van der Waals surface area contributed by atoms with E-state index >= 15 is 0 Å². The zero-order valence-electron chi connectivity index (χ0n) is 46.4. The lowest BCUT2D eigenvalue weighted by molar-refractivity contribution is -0.332. The highest BCUT2D eigenvalue weighted by molar-refractivity contribution is 5.69. The molecule has 11 unspecified atom stereocenters. The van der Waals surface area contributed by atoms with Gasteiger partial charge in [-0.3, -0.25) is 4.79 Å². The van der Waals surface area contributed by atoms with Gasteiger partial charge < -0.3 is 64.2 Å². The van der Waals surface area contributed by atoms with Crippen LogP contribution >= 0.6 is 0 Å². The molecule has 434 valence electrons. The van der Waals surface area contributed by atoms with Crippen molar-refractivity contribution in [2.75, 3.05) is 33.0 Å². The van der Waals surface area contributed by atoms with Crippen LogP contribution in [0.1, 0.15) is 142 Å².